The monoisotopic (exact) mass is 306 g/mol. The van der Waals surface area contributed by atoms with Gasteiger partial charge in [0.15, 0.2) is 11.5 Å². The van der Waals surface area contributed by atoms with Gasteiger partial charge in [0, 0.05) is 23.5 Å². The molecule has 1 aromatic heterocycles. The van der Waals surface area contributed by atoms with Gasteiger partial charge in [-0.15, -0.1) is 0 Å². The summed E-state index contributed by atoms with van der Waals surface area (Å²) in [6, 6.07) is 8.28. The van der Waals surface area contributed by atoms with Crippen molar-refractivity contribution in [2.45, 2.75) is 6.92 Å². The Hall–Kier alpha value is -2.27. The van der Waals surface area contributed by atoms with Crippen LogP contribution in [0.3, 0.4) is 0 Å². The Morgan fingerprint density at radius 2 is 2.10 bits per heavy atom. The number of pyridine rings is 1. The number of anilines is 1. The number of hydrogen-bond acceptors (Lipinski definition) is 4. The number of ether oxygens (including phenoxy) is 2. The zero-order valence-electron chi connectivity index (χ0n) is 11.7. The molecule has 0 aliphatic heterocycles. The molecule has 0 unspecified atom stereocenters. The van der Waals surface area contributed by atoms with Crippen LogP contribution in [-0.4, -0.2) is 24.6 Å². The molecule has 2 rings (SSSR count). The molecule has 0 aliphatic rings. The molecule has 21 heavy (non-hydrogen) atoms. The first-order valence-electron chi connectivity index (χ1n) is 6.37. The van der Waals surface area contributed by atoms with Crippen LogP contribution in [0.4, 0.5) is 5.69 Å². The molecule has 1 heterocycles. The minimum atomic E-state index is -0.271. The van der Waals surface area contributed by atoms with Gasteiger partial charge in [0.2, 0.25) is 0 Å². The number of carbonyl (C=O) groups is 1. The lowest BCUT2D eigenvalue weighted by atomic mass is 10.2. The highest BCUT2D eigenvalue weighted by atomic mass is 35.5. The Morgan fingerprint density at radius 3 is 2.76 bits per heavy atom. The van der Waals surface area contributed by atoms with Gasteiger partial charge in [0.05, 0.1) is 13.7 Å². The van der Waals surface area contributed by atoms with Crippen LogP contribution in [0.25, 0.3) is 0 Å². The summed E-state index contributed by atoms with van der Waals surface area (Å²) in [4.78, 5) is 16.0. The fraction of sp³-hybridized carbons (Fsp3) is 0.200. The molecule has 1 amide bonds. The van der Waals surface area contributed by atoms with E-state index in [4.69, 9.17) is 21.1 Å². The van der Waals surface area contributed by atoms with Crippen LogP contribution in [0.1, 0.15) is 17.3 Å². The molecular weight excluding hydrogens is 292 g/mol. The van der Waals surface area contributed by atoms with Crippen molar-refractivity contribution in [2.75, 3.05) is 19.0 Å². The van der Waals surface area contributed by atoms with Gasteiger partial charge in [-0.05, 0) is 31.2 Å². The first-order valence-corrected chi connectivity index (χ1v) is 6.75. The summed E-state index contributed by atoms with van der Waals surface area (Å²) in [5.74, 6) is 0.916. The molecule has 5 nitrogen and oxygen atoms in total. The Morgan fingerprint density at radius 1 is 1.29 bits per heavy atom. The molecule has 0 saturated carbocycles. The van der Waals surface area contributed by atoms with E-state index in [1.807, 2.05) is 6.92 Å². The van der Waals surface area contributed by atoms with Gasteiger partial charge >= 0.3 is 0 Å². The SMILES string of the molecule is CCOc1cc(NC(=O)c2ccnc(Cl)c2)ccc1OC. The predicted octanol–water partition coefficient (Wildman–Crippen LogP) is 3.39. The van der Waals surface area contributed by atoms with Gasteiger partial charge < -0.3 is 14.8 Å². The maximum absolute atomic E-state index is 12.1. The van der Waals surface area contributed by atoms with Gasteiger partial charge in [-0.3, -0.25) is 4.79 Å². The molecule has 0 bridgehead atoms. The van der Waals surface area contributed by atoms with Gasteiger partial charge in [-0.1, -0.05) is 11.6 Å². The molecule has 0 fully saturated rings. The number of benzene rings is 1. The maximum atomic E-state index is 12.1. The molecule has 1 N–H and O–H groups in total. The predicted molar refractivity (Wildman–Crippen MR) is 81.4 cm³/mol. The van der Waals surface area contributed by atoms with E-state index in [-0.39, 0.29) is 11.1 Å². The third-order valence-corrected chi connectivity index (χ3v) is 2.92. The van der Waals surface area contributed by atoms with Crippen molar-refractivity contribution < 1.29 is 14.3 Å². The molecule has 2 aromatic rings. The van der Waals surface area contributed by atoms with E-state index < -0.39 is 0 Å². The number of methoxy groups -OCH3 is 1. The second kappa shape index (κ2) is 6.95. The van der Waals surface area contributed by atoms with E-state index >= 15 is 0 Å². The number of halogens is 1. The number of nitrogens with one attached hydrogen (secondary N) is 1. The van der Waals surface area contributed by atoms with Crippen molar-refractivity contribution in [3.05, 3.63) is 47.2 Å². The smallest absolute Gasteiger partial charge is 0.255 e. The normalized spacial score (nSPS) is 10.0. The summed E-state index contributed by atoms with van der Waals surface area (Å²) in [6.07, 6.45) is 1.48. The maximum Gasteiger partial charge on any atom is 0.255 e. The zero-order valence-corrected chi connectivity index (χ0v) is 12.5. The fourth-order valence-electron chi connectivity index (χ4n) is 1.77. The van der Waals surface area contributed by atoms with E-state index in [9.17, 15) is 4.79 Å². The zero-order chi connectivity index (χ0) is 15.2. The summed E-state index contributed by atoms with van der Waals surface area (Å²) in [7, 11) is 1.56. The Balaban J connectivity index is 2.19. The van der Waals surface area contributed by atoms with E-state index in [2.05, 4.69) is 10.3 Å². The lowest BCUT2D eigenvalue weighted by Gasteiger charge is -2.12. The highest BCUT2D eigenvalue weighted by Gasteiger charge is 2.10. The number of rotatable bonds is 5. The highest BCUT2D eigenvalue weighted by Crippen LogP contribution is 2.30. The summed E-state index contributed by atoms with van der Waals surface area (Å²) >= 11 is 5.77. The van der Waals surface area contributed by atoms with Crippen molar-refractivity contribution in [1.82, 2.24) is 4.98 Å². The number of nitrogens with zero attached hydrogens (tertiary/aromatic N) is 1. The molecule has 0 aliphatic carbocycles. The van der Waals surface area contributed by atoms with E-state index in [0.717, 1.165) is 0 Å². The third-order valence-electron chi connectivity index (χ3n) is 2.71. The van der Waals surface area contributed by atoms with Gasteiger partial charge in [-0.25, -0.2) is 4.98 Å². The average Bonchev–Trinajstić information content (AvgIpc) is 2.48. The van der Waals surface area contributed by atoms with Crippen molar-refractivity contribution in [2.24, 2.45) is 0 Å². The van der Waals surface area contributed by atoms with Crippen LogP contribution >= 0.6 is 11.6 Å². The summed E-state index contributed by atoms with van der Waals surface area (Å²) in [6.45, 7) is 2.39. The first kappa shape index (κ1) is 15.1. The minimum absolute atomic E-state index is 0.271. The topological polar surface area (TPSA) is 60.5 Å². The average molecular weight is 307 g/mol. The number of aromatic nitrogens is 1. The summed E-state index contributed by atoms with van der Waals surface area (Å²) in [5, 5.41) is 3.05. The van der Waals surface area contributed by atoms with Crippen LogP contribution in [0.2, 0.25) is 5.15 Å². The van der Waals surface area contributed by atoms with Crippen LogP contribution < -0.4 is 14.8 Å². The number of hydrogen-bond donors (Lipinski definition) is 1. The van der Waals surface area contributed by atoms with Crippen LogP contribution in [0.15, 0.2) is 36.5 Å². The second-order valence-electron chi connectivity index (χ2n) is 4.12. The largest absolute Gasteiger partial charge is 0.493 e. The van der Waals surface area contributed by atoms with Gasteiger partial charge in [-0.2, -0.15) is 0 Å². The molecule has 110 valence electrons. The van der Waals surface area contributed by atoms with Gasteiger partial charge in [0.1, 0.15) is 5.15 Å². The molecule has 0 saturated heterocycles. The van der Waals surface area contributed by atoms with E-state index in [0.29, 0.717) is 29.4 Å². The van der Waals surface area contributed by atoms with Gasteiger partial charge in [0.25, 0.3) is 5.91 Å². The Bertz CT molecular complexity index is 647. The van der Waals surface area contributed by atoms with Crippen LogP contribution in [-0.2, 0) is 0 Å². The fourth-order valence-corrected chi connectivity index (χ4v) is 1.94. The number of amides is 1. The van der Waals surface area contributed by atoms with Crippen LogP contribution in [0, 0.1) is 0 Å². The first-order chi connectivity index (χ1) is 10.1. The highest BCUT2D eigenvalue weighted by molar-refractivity contribution is 6.29. The summed E-state index contributed by atoms with van der Waals surface area (Å²) in [5.41, 5.74) is 1.04. The lowest BCUT2D eigenvalue weighted by molar-refractivity contribution is 0.102. The van der Waals surface area contributed by atoms with E-state index in [1.54, 1.807) is 31.4 Å². The minimum Gasteiger partial charge on any atom is -0.493 e. The molecule has 6 heteroatoms. The Kier molecular flexibility index (Phi) is 5.00. The third kappa shape index (κ3) is 3.86. The molecule has 0 spiro atoms. The lowest BCUT2D eigenvalue weighted by Crippen LogP contribution is -2.12. The quantitative estimate of drug-likeness (QED) is 0.860. The van der Waals surface area contributed by atoms with E-state index in [1.165, 1.54) is 12.3 Å². The second-order valence-corrected chi connectivity index (χ2v) is 4.51. The Labute approximate surface area is 127 Å². The van der Waals surface area contributed by atoms with Crippen molar-refractivity contribution in [3.63, 3.8) is 0 Å². The van der Waals surface area contributed by atoms with Crippen molar-refractivity contribution in [1.29, 1.82) is 0 Å². The molecule has 0 radical (unpaired) electrons. The molecule has 0 atom stereocenters. The molecule has 1 aromatic carbocycles. The summed E-state index contributed by atoms with van der Waals surface area (Å²) < 4.78 is 10.7. The van der Waals surface area contributed by atoms with Crippen molar-refractivity contribution in [3.8, 4) is 11.5 Å². The number of carbonyl (C=O) groups excluding carboxylic acids is 1. The molecular formula is C15H15ClN2O3. The van der Waals surface area contributed by atoms with Crippen molar-refractivity contribution >= 4 is 23.2 Å². The standard InChI is InChI=1S/C15H15ClN2O3/c1-3-21-13-9-11(4-5-12(13)20-2)18-15(19)10-6-7-17-14(16)8-10/h4-9H,3H2,1-2H3,(H,18,19). The van der Waals surface area contributed by atoms with Crippen LogP contribution in [0.5, 0.6) is 11.5 Å².